The van der Waals surface area contributed by atoms with Crippen LogP contribution in [-0.4, -0.2) is 47.3 Å². The van der Waals surface area contributed by atoms with Gasteiger partial charge in [-0.25, -0.2) is 16.8 Å². The lowest BCUT2D eigenvalue weighted by Crippen LogP contribution is -2.38. The topological polar surface area (TPSA) is 101 Å². The molecule has 1 aliphatic heterocycles. The number of halogens is 1. The van der Waals surface area contributed by atoms with Crippen LogP contribution in [-0.2, 0) is 31.1 Å². The molecule has 28 heavy (non-hydrogen) atoms. The zero-order chi connectivity index (χ0) is 20.4. The highest BCUT2D eigenvalue weighted by atomic mass is 35.5. The average Bonchev–Trinajstić information content (AvgIpc) is 3.06. The van der Waals surface area contributed by atoms with Gasteiger partial charge < -0.3 is 5.32 Å². The summed E-state index contributed by atoms with van der Waals surface area (Å²) in [6.45, 7) is 0.191. The highest BCUT2D eigenvalue weighted by Gasteiger charge is 2.29. The second-order valence-electron chi connectivity index (χ2n) is 6.33. The highest BCUT2D eigenvalue weighted by Crippen LogP contribution is 2.29. The van der Waals surface area contributed by atoms with Crippen LogP contribution in [0.25, 0.3) is 0 Å². The average molecular weight is 443 g/mol. The molecular weight excluding hydrogens is 424 g/mol. The van der Waals surface area contributed by atoms with E-state index in [0.29, 0.717) is 23.7 Å². The van der Waals surface area contributed by atoms with Crippen LogP contribution in [0.4, 0.5) is 5.69 Å². The summed E-state index contributed by atoms with van der Waals surface area (Å²) < 4.78 is 50.9. The Bertz CT molecular complexity index is 1080. The molecule has 0 unspecified atom stereocenters. The Labute approximate surface area is 169 Å². The molecule has 1 amide bonds. The number of sulfonamides is 1. The van der Waals surface area contributed by atoms with E-state index in [1.54, 1.807) is 12.1 Å². The number of sulfone groups is 1. The molecule has 0 aromatic heterocycles. The summed E-state index contributed by atoms with van der Waals surface area (Å²) in [5, 5.41) is 2.76. The molecule has 0 saturated heterocycles. The van der Waals surface area contributed by atoms with Crippen molar-refractivity contribution in [1.82, 2.24) is 5.32 Å². The number of hydrogen-bond donors (Lipinski definition) is 1. The van der Waals surface area contributed by atoms with E-state index in [1.807, 2.05) is 12.1 Å². The number of anilines is 1. The van der Waals surface area contributed by atoms with Gasteiger partial charge in [0.25, 0.3) is 0 Å². The van der Waals surface area contributed by atoms with Crippen molar-refractivity contribution in [3.05, 3.63) is 59.1 Å². The van der Waals surface area contributed by atoms with Gasteiger partial charge >= 0.3 is 0 Å². The molecule has 0 spiro atoms. The van der Waals surface area contributed by atoms with E-state index < -0.39 is 31.5 Å². The lowest BCUT2D eigenvalue weighted by Gasteiger charge is -2.19. The predicted octanol–water partition coefficient (Wildman–Crippen LogP) is 1.62. The van der Waals surface area contributed by atoms with Gasteiger partial charge in [0.05, 0.1) is 16.3 Å². The van der Waals surface area contributed by atoms with Crippen LogP contribution in [0.1, 0.15) is 5.56 Å². The van der Waals surface area contributed by atoms with Crippen LogP contribution in [0.5, 0.6) is 0 Å². The number of nitrogens with one attached hydrogen (secondary N) is 1. The Kier molecular flexibility index (Phi) is 5.97. The van der Waals surface area contributed by atoms with Gasteiger partial charge in [-0.15, -0.1) is 0 Å². The number of nitrogens with zero attached hydrogens (tertiary/aromatic N) is 1. The first kappa shape index (κ1) is 20.6. The number of fused-ring (bicyclic) bond motifs is 1. The number of carbonyl (C=O) groups is 1. The molecule has 0 radical (unpaired) electrons. The number of para-hydroxylation sites is 1. The maximum atomic E-state index is 12.6. The molecule has 7 nitrogen and oxygen atoms in total. The quantitative estimate of drug-likeness (QED) is 0.702. The van der Waals surface area contributed by atoms with Gasteiger partial charge in [0.15, 0.2) is 9.84 Å². The smallest absolute Gasteiger partial charge is 0.236 e. The van der Waals surface area contributed by atoms with Gasteiger partial charge in [0, 0.05) is 18.1 Å². The Hall–Kier alpha value is -2.10. The molecule has 150 valence electrons. The van der Waals surface area contributed by atoms with E-state index >= 15 is 0 Å². The Morgan fingerprint density at radius 1 is 1.04 bits per heavy atom. The Morgan fingerprint density at radius 3 is 2.43 bits per heavy atom. The number of hydrogen-bond acceptors (Lipinski definition) is 5. The number of rotatable bonds is 7. The number of carbonyl (C=O) groups excluding carboxylic acids is 1. The Balaban J connectivity index is 1.56. The zero-order valence-electron chi connectivity index (χ0n) is 14.8. The molecule has 1 N–H and O–H groups in total. The minimum Gasteiger partial charge on any atom is -0.354 e. The molecule has 2 aromatic rings. The standard InChI is InChI=1S/C18H19ClN2O5S2/c19-15-5-7-16(8-6-15)27(23,24)13-18(22)20-10-12-28(25,26)21-11-9-14-3-1-2-4-17(14)21/h1-8H,9-13H2,(H,20,22). The maximum absolute atomic E-state index is 12.6. The summed E-state index contributed by atoms with van der Waals surface area (Å²) in [7, 11) is -7.44. The molecule has 0 fully saturated rings. The SMILES string of the molecule is O=C(CS(=O)(=O)c1ccc(Cl)cc1)NCCS(=O)(=O)N1CCc2ccccc21. The van der Waals surface area contributed by atoms with Crippen molar-refractivity contribution in [3.8, 4) is 0 Å². The number of benzene rings is 2. The summed E-state index contributed by atoms with van der Waals surface area (Å²) in [5.74, 6) is -1.83. The van der Waals surface area contributed by atoms with Gasteiger partial charge in [-0.3, -0.25) is 9.10 Å². The lowest BCUT2D eigenvalue weighted by atomic mass is 10.2. The van der Waals surface area contributed by atoms with Crippen LogP contribution < -0.4 is 9.62 Å². The minimum absolute atomic E-state index is 0.0201. The Morgan fingerprint density at radius 2 is 1.71 bits per heavy atom. The van der Waals surface area contributed by atoms with Crippen molar-refractivity contribution in [2.24, 2.45) is 0 Å². The second-order valence-corrected chi connectivity index (χ2v) is 10.8. The molecule has 3 rings (SSSR count). The van der Waals surface area contributed by atoms with E-state index in [0.717, 1.165) is 5.56 Å². The van der Waals surface area contributed by atoms with Crippen LogP contribution in [0.2, 0.25) is 5.02 Å². The van der Waals surface area contributed by atoms with Crippen LogP contribution in [0.3, 0.4) is 0 Å². The largest absolute Gasteiger partial charge is 0.354 e. The van der Waals surface area contributed by atoms with Crippen LogP contribution >= 0.6 is 11.6 Å². The fourth-order valence-electron chi connectivity index (χ4n) is 2.98. The first-order valence-electron chi connectivity index (χ1n) is 8.52. The monoisotopic (exact) mass is 442 g/mol. The summed E-state index contributed by atoms with van der Waals surface area (Å²) in [5.41, 5.74) is 1.61. The maximum Gasteiger partial charge on any atom is 0.236 e. The predicted molar refractivity (Wildman–Crippen MR) is 108 cm³/mol. The third kappa shape index (κ3) is 4.65. The number of amides is 1. The van der Waals surface area contributed by atoms with E-state index in [4.69, 9.17) is 11.6 Å². The summed E-state index contributed by atoms with van der Waals surface area (Å²) in [4.78, 5) is 12.0. The molecule has 2 aromatic carbocycles. The fourth-order valence-corrected chi connectivity index (χ4v) is 5.69. The summed E-state index contributed by atoms with van der Waals surface area (Å²) in [6, 6.07) is 12.7. The first-order chi connectivity index (χ1) is 13.2. The molecule has 10 heteroatoms. The molecule has 1 heterocycles. The van der Waals surface area contributed by atoms with Crippen molar-refractivity contribution in [1.29, 1.82) is 0 Å². The third-order valence-electron chi connectivity index (χ3n) is 4.36. The van der Waals surface area contributed by atoms with Crippen molar-refractivity contribution >= 4 is 43.1 Å². The van der Waals surface area contributed by atoms with E-state index in [1.165, 1.54) is 28.6 Å². The summed E-state index contributed by atoms with van der Waals surface area (Å²) in [6.07, 6.45) is 0.640. The van der Waals surface area contributed by atoms with E-state index in [9.17, 15) is 21.6 Å². The zero-order valence-corrected chi connectivity index (χ0v) is 17.2. The van der Waals surface area contributed by atoms with Crippen LogP contribution in [0, 0.1) is 0 Å². The van der Waals surface area contributed by atoms with E-state index in [-0.39, 0.29) is 17.2 Å². The molecular formula is C18H19ClN2O5S2. The first-order valence-corrected chi connectivity index (χ1v) is 12.2. The van der Waals surface area contributed by atoms with Crippen molar-refractivity contribution in [3.63, 3.8) is 0 Å². The van der Waals surface area contributed by atoms with Gasteiger partial charge in [-0.2, -0.15) is 0 Å². The van der Waals surface area contributed by atoms with E-state index in [2.05, 4.69) is 5.32 Å². The van der Waals surface area contributed by atoms with Gasteiger partial charge in [0.1, 0.15) is 5.75 Å². The van der Waals surface area contributed by atoms with Crippen molar-refractivity contribution < 1.29 is 21.6 Å². The third-order valence-corrected chi connectivity index (χ3v) is 8.01. The summed E-state index contributed by atoms with van der Waals surface area (Å²) >= 11 is 5.73. The molecule has 0 aliphatic carbocycles. The minimum atomic E-state index is -3.83. The van der Waals surface area contributed by atoms with Gasteiger partial charge in [0.2, 0.25) is 15.9 Å². The molecule has 1 aliphatic rings. The normalized spacial score (nSPS) is 14.0. The van der Waals surface area contributed by atoms with Crippen molar-refractivity contribution in [2.75, 3.05) is 28.9 Å². The van der Waals surface area contributed by atoms with Crippen LogP contribution in [0.15, 0.2) is 53.4 Å². The highest BCUT2D eigenvalue weighted by molar-refractivity contribution is 7.93. The molecule has 0 bridgehead atoms. The molecule has 0 saturated carbocycles. The molecule has 0 atom stereocenters. The van der Waals surface area contributed by atoms with Crippen molar-refractivity contribution in [2.45, 2.75) is 11.3 Å². The van der Waals surface area contributed by atoms with Gasteiger partial charge in [-0.05, 0) is 42.3 Å². The second kappa shape index (κ2) is 8.10. The fraction of sp³-hybridized carbons (Fsp3) is 0.278. The van der Waals surface area contributed by atoms with Gasteiger partial charge in [-0.1, -0.05) is 29.8 Å². The lowest BCUT2D eigenvalue weighted by molar-refractivity contribution is -0.118.